The molecule has 2 rings (SSSR count). The van der Waals surface area contributed by atoms with E-state index in [1.54, 1.807) is 0 Å². The van der Waals surface area contributed by atoms with Crippen LogP contribution in [0.3, 0.4) is 0 Å². The standard InChI is InChI=1S/C13H17N3O/c1-9(2)12-4-3-10(7-14)13(15-12)16-6-5-11(17)8-16/h3-4,9,11,17H,5-6,8H2,1-2H3. The van der Waals surface area contributed by atoms with Crippen molar-refractivity contribution in [3.8, 4) is 6.07 Å². The Labute approximate surface area is 102 Å². The highest BCUT2D eigenvalue weighted by Crippen LogP contribution is 2.24. The van der Waals surface area contributed by atoms with Crippen molar-refractivity contribution in [3.63, 3.8) is 0 Å². The number of pyridine rings is 1. The van der Waals surface area contributed by atoms with Crippen LogP contribution in [0.25, 0.3) is 0 Å². The van der Waals surface area contributed by atoms with Gasteiger partial charge in [0.2, 0.25) is 0 Å². The van der Waals surface area contributed by atoms with Gasteiger partial charge in [-0.25, -0.2) is 4.98 Å². The zero-order valence-corrected chi connectivity index (χ0v) is 10.2. The van der Waals surface area contributed by atoms with Gasteiger partial charge in [-0.05, 0) is 24.5 Å². The number of hydrogen-bond acceptors (Lipinski definition) is 4. The van der Waals surface area contributed by atoms with E-state index in [-0.39, 0.29) is 6.10 Å². The summed E-state index contributed by atoms with van der Waals surface area (Å²) in [5, 5.41) is 18.6. The zero-order valence-electron chi connectivity index (χ0n) is 10.2. The second-order valence-electron chi connectivity index (χ2n) is 4.76. The number of nitrogens with zero attached hydrogens (tertiary/aromatic N) is 3. The molecule has 1 saturated heterocycles. The predicted molar refractivity (Wildman–Crippen MR) is 65.9 cm³/mol. The molecular weight excluding hydrogens is 214 g/mol. The summed E-state index contributed by atoms with van der Waals surface area (Å²) in [5.74, 6) is 1.06. The topological polar surface area (TPSA) is 60.2 Å². The smallest absolute Gasteiger partial charge is 0.146 e. The van der Waals surface area contributed by atoms with Crippen molar-refractivity contribution in [2.75, 3.05) is 18.0 Å². The van der Waals surface area contributed by atoms with Gasteiger partial charge in [0.05, 0.1) is 11.7 Å². The Morgan fingerprint density at radius 1 is 1.53 bits per heavy atom. The zero-order chi connectivity index (χ0) is 12.4. The second-order valence-corrected chi connectivity index (χ2v) is 4.76. The lowest BCUT2D eigenvalue weighted by Crippen LogP contribution is -2.23. The van der Waals surface area contributed by atoms with Crippen molar-refractivity contribution in [1.82, 2.24) is 4.98 Å². The van der Waals surface area contributed by atoms with E-state index in [1.807, 2.05) is 17.0 Å². The van der Waals surface area contributed by atoms with Gasteiger partial charge < -0.3 is 10.0 Å². The number of aliphatic hydroxyl groups excluding tert-OH is 1. The van der Waals surface area contributed by atoms with Crippen LogP contribution in [0.1, 0.15) is 37.4 Å². The monoisotopic (exact) mass is 231 g/mol. The van der Waals surface area contributed by atoms with Gasteiger partial charge in [0.15, 0.2) is 0 Å². The Hall–Kier alpha value is -1.60. The summed E-state index contributed by atoms with van der Waals surface area (Å²) in [6.45, 7) is 5.50. The minimum Gasteiger partial charge on any atom is -0.391 e. The van der Waals surface area contributed by atoms with Crippen molar-refractivity contribution >= 4 is 5.82 Å². The lowest BCUT2D eigenvalue weighted by molar-refractivity contribution is 0.198. The van der Waals surface area contributed by atoms with Gasteiger partial charge >= 0.3 is 0 Å². The Bertz CT molecular complexity index is 450. The molecule has 1 aromatic rings. The lowest BCUT2D eigenvalue weighted by atomic mass is 10.1. The van der Waals surface area contributed by atoms with Crippen LogP contribution in [-0.2, 0) is 0 Å². The van der Waals surface area contributed by atoms with Crippen LogP contribution in [0.15, 0.2) is 12.1 Å². The summed E-state index contributed by atoms with van der Waals surface area (Å²) >= 11 is 0. The Balaban J connectivity index is 2.36. The third-order valence-electron chi connectivity index (χ3n) is 3.07. The Morgan fingerprint density at radius 3 is 2.82 bits per heavy atom. The Kier molecular flexibility index (Phi) is 3.30. The van der Waals surface area contributed by atoms with Crippen molar-refractivity contribution < 1.29 is 5.11 Å². The summed E-state index contributed by atoms with van der Waals surface area (Å²) in [5.41, 5.74) is 1.57. The van der Waals surface area contributed by atoms with E-state index < -0.39 is 0 Å². The highest BCUT2D eigenvalue weighted by Gasteiger charge is 2.24. The molecule has 0 bridgehead atoms. The van der Waals surface area contributed by atoms with E-state index in [0.717, 1.165) is 24.5 Å². The molecule has 2 heterocycles. The van der Waals surface area contributed by atoms with Gasteiger partial charge in [0.1, 0.15) is 11.9 Å². The highest BCUT2D eigenvalue weighted by atomic mass is 16.3. The molecule has 1 aromatic heterocycles. The van der Waals surface area contributed by atoms with E-state index in [1.165, 1.54) is 0 Å². The fourth-order valence-electron chi connectivity index (χ4n) is 2.05. The Morgan fingerprint density at radius 2 is 2.29 bits per heavy atom. The van der Waals surface area contributed by atoms with Gasteiger partial charge in [-0.1, -0.05) is 13.8 Å². The first-order valence-corrected chi connectivity index (χ1v) is 5.96. The van der Waals surface area contributed by atoms with Crippen LogP contribution >= 0.6 is 0 Å². The van der Waals surface area contributed by atoms with E-state index in [2.05, 4.69) is 24.9 Å². The summed E-state index contributed by atoms with van der Waals surface area (Å²) in [6, 6.07) is 5.89. The van der Waals surface area contributed by atoms with Gasteiger partial charge in [0.25, 0.3) is 0 Å². The van der Waals surface area contributed by atoms with Crippen molar-refractivity contribution in [2.45, 2.75) is 32.3 Å². The molecule has 1 aliphatic rings. The van der Waals surface area contributed by atoms with Gasteiger partial charge in [0, 0.05) is 18.8 Å². The fraction of sp³-hybridized carbons (Fsp3) is 0.538. The molecule has 0 radical (unpaired) electrons. The highest BCUT2D eigenvalue weighted by molar-refractivity contribution is 5.55. The maximum absolute atomic E-state index is 9.55. The molecule has 90 valence electrons. The van der Waals surface area contributed by atoms with Crippen molar-refractivity contribution in [3.05, 3.63) is 23.4 Å². The molecule has 17 heavy (non-hydrogen) atoms. The van der Waals surface area contributed by atoms with Crippen LogP contribution in [-0.4, -0.2) is 29.3 Å². The number of nitriles is 1. The molecule has 4 nitrogen and oxygen atoms in total. The molecule has 1 N–H and O–H groups in total. The molecule has 4 heteroatoms. The average molecular weight is 231 g/mol. The second kappa shape index (κ2) is 4.72. The largest absolute Gasteiger partial charge is 0.391 e. The normalized spacial score (nSPS) is 19.7. The molecule has 0 aromatic carbocycles. The molecule has 1 fully saturated rings. The maximum atomic E-state index is 9.55. The fourth-order valence-corrected chi connectivity index (χ4v) is 2.05. The van der Waals surface area contributed by atoms with Crippen LogP contribution in [0.5, 0.6) is 0 Å². The SMILES string of the molecule is CC(C)c1ccc(C#N)c(N2CCC(O)C2)n1. The summed E-state index contributed by atoms with van der Waals surface area (Å²) in [4.78, 5) is 6.55. The van der Waals surface area contributed by atoms with E-state index >= 15 is 0 Å². The first kappa shape index (κ1) is 11.9. The average Bonchev–Trinajstić information content (AvgIpc) is 2.74. The van der Waals surface area contributed by atoms with E-state index in [9.17, 15) is 5.11 Å². The number of aromatic nitrogens is 1. The molecule has 1 aliphatic heterocycles. The van der Waals surface area contributed by atoms with Crippen LogP contribution in [0.2, 0.25) is 0 Å². The summed E-state index contributed by atoms with van der Waals surface area (Å²) in [6.07, 6.45) is 0.449. The number of hydrogen-bond donors (Lipinski definition) is 1. The van der Waals surface area contributed by atoms with E-state index in [0.29, 0.717) is 18.0 Å². The molecule has 1 atom stereocenters. The number of aliphatic hydroxyl groups is 1. The molecule has 1 unspecified atom stereocenters. The van der Waals surface area contributed by atoms with Gasteiger partial charge in [-0.3, -0.25) is 0 Å². The molecule has 0 saturated carbocycles. The minimum atomic E-state index is -0.300. The van der Waals surface area contributed by atoms with Crippen molar-refractivity contribution in [2.24, 2.45) is 0 Å². The number of anilines is 1. The first-order valence-electron chi connectivity index (χ1n) is 5.96. The molecular formula is C13H17N3O. The molecule has 0 aliphatic carbocycles. The minimum absolute atomic E-state index is 0.300. The van der Waals surface area contributed by atoms with Gasteiger partial charge in [-0.2, -0.15) is 5.26 Å². The quantitative estimate of drug-likeness (QED) is 0.840. The van der Waals surface area contributed by atoms with Crippen LogP contribution < -0.4 is 4.90 Å². The summed E-state index contributed by atoms with van der Waals surface area (Å²) in [7, 11) is 0. The number of β-amino-alcohol motifs (C(OH)–C–C–N with tert-alkyl or cyclic N) is 1. The number of rotatable bonds is 2. The lowest BCUT2D eigenvalue weighted by Gasteiger charge is -2.19. The third kappa shape index (κ3) is 2.40. The van der Waals surface area contributed by atoms with Crippen LogP contribution in [0.4, 0.5) is 5.82 Å². The first-order chi connectivity index (χ1) is 8.11. The van der Waals surface area contributed by atoms with Crippen molar-refractivity contribution in [1.29, 1.82) is 5.26 Å². The van der Waals surface area contributed by atoms with Gasteiger partial charge in [-0.15, -0.1) is 0 Å². The van der Waals surface area contributed by atoms with E-state index in [4.69, 9.17) is 5.26 Å². The molecule has 0 spiro atoms. The summed E-state index contributed by atoms with van der Waals surface area (Å²) < 4.78 is 0. The van der Waals surface area contributed by atoms with Crippen LogP contribution in [0, 0.1) is 11.3 Å². The third-order valence-corrected chi connectivity index (χ3v) is 3.07. The predicted octanol–water partition coefficient (Wildman–Crippen LogP) is 1.65. The maximum Gasteiger partial charge on any atom is 0.146 e. The molecule has 0 amide bonds.